The van der Waals surface area contributed by atoms with Crippen molar-refractivity contribution in [2.24, 2.45) is 0 Å². The van der Waals surface area contributed by atoms with Crippen LogP contribution in [-0.2, 0) is 9.84 Å². The van der Waals surface area contributed by atoms with Crippen molar-refractivity contribution in [3.8, 4) is 12.1 Å². The Morgan fingerprint density at radius 1 is 0.774 bits per heavy atom. The minimum absolute atomic E-state index is 0.00582. The largest absolute Gasteiger partial charge is 0.478 e. The second-order valence-corrected chi connectivity index (χ2v) is 8.23. The quantitative estimate of drug-likeness (QED) is 0.697. The molecule has 0 aromatic heterocycles. The Morgan fingerprint density at radius 3 is 1.55 bits per heavy atom. The van der Waals surface area contributed by atoms with E-state index in [1.54, 1.807) is 12.1 Å². The van der Waals surface area contributed by atoms with Gasteiger partial charge in [0.15, 0.2) is 0 Å². The molecular weight excluding hydrogens is 420 g/mol. The monoisotopic (exact) mass is 432 g/mol. The molecule has 0 unspecified atom stereocenters. The Morgan fingerprint density at radius 2 is 1.19 bits per heavy atom. The van der Waals surface area contributed by atoms with Crippen molar-refractivity contribution < 1.29 is 28.2 Å². The molecule has 1 aliphatic rings. The summed E-state index contributed by atoms with van der Waals surface area (Å²) in [5.41, 5.74) is -0.548. The van der Waals surface area contributed by atoms with Crippen molar-refractivity contribution in [3.63, 3.8) is 0 Å². The van der Waals surface area contributed by atoms with Gasteiger partial charge in [-0.15, -0.1) is 0 Å². The maximum Gasteiger partial charge on any atom is 0.335 e. The molecule has 9 heteroatoms. The first kappa shape index (κ1) is 21.2. The van der Waals surface area contributed by atoms with Crippen molar-refractivity contribution in [2.75, 3.05) is 0 Å². The van der Waals surface area contributed by atoms with Crippen LogP contribution in [0, 0.1) is 22.7 Å². The summed E-state index contributed by atoms with van der Waals surface area (Å²) in [5, 5.41) is 37.0. The molecule has 0 amide bonds. The Bertz CT molecular complexity index is 1320. The van der Waals surface area contributed by atoms with Crippen molar-refractivity contribution >= 4 is 31.6 Å². The molecule has 8 nitrogen and oxygen atoms in total. The van der Waals surface area contributed by atoms with Crippen molar-refractivity contribution in [3.05, 3.63) is 94.1 Å². The Kier molecular flexibility index (Phi) is 5.56. The van der Waals surface area contributed by atoms with E-state index in [2.05, 4.69) is 0 Å². The normalized spacial score (nSPS) is 14.5. The number of nitrogens with zero attached hydrogens (tertiary/aromatic N) is 2. The average Bonchev–Trinajstić information content (AvgIpc) is 2.75. The van der Waals surface area contributed by atoms with E-state index < -0.39 is 21.8 Å². The first-order valence-corrected chi connectivity index (χ1v) is 10.1. The molecule has 0 radical (unpaired) electrons. The second-order valence-electron chi connectivity index (χ2n) is 6.35. The number of benzene rings is 2. The van der Waals surface area contributed by atoms with Gasteiger partial charge in [0, 0.05) is 5.57 Å². The molecule has 0 spiro atoms. The van der Waals surface area contributed by atoms with Crippen LogP contribution in [0.15, 0.2) is 71.8 Å². The lowest BCUT2D eigenvalue weighted by Gasteiger charge is -2.19. The van der Waals surface area contributed by atoms with Crippen LogP contribution in [0.25, 0.3) is 9.81 Å². The van der Waals surface area contributed by atoms with Crippen molar-refractivity contribution in [1.29, 1.82) is 10.5 Å². The molecule has 3 rings (SSSR count). The molecule has 1 aliphatic heterocycles. The van der Waals surface area contributed by atoms with Gasteiger partial charge in [-0.05, 0) is 47.5 Å². The number of nitriles is 2. The lowest BCUT2D eigenvalue weighted by Crippen LogP contribution is -2.12. The fourth-order valence-electron chi connectivity index (χ4n) is 2.98. The number of aromatic carboxylic acids is 2. The molecule has 2 aromatic carbocycles. The highest BCUT2D eigenvalue weighted by atomic mass is 32.2. The van der Waals surface area contributed by atoms with Crippen LogP contribution in [0.2, 0.25) is 0 Å². The summed E-state index contributed by atoms with van der Waals surface area (Å²) < 4.78 is 26.8. The highest BCUT2D eigenvalue weighted by Gasteiger charge is 2.31. The van der Waals surface area contributed by atoms with Gasteiger partial charge in [-0.2, -0.15) is 10.5 Å². The summed E-state index contributed by atoms with van der Waals surface area (Å²) in [6.07, 6.45) is 2.26. The van der Waals surface area contributed by atoms with Crippen LogP contribution in [0.3, 0.4) is 0 Å². The van der Waals surface area contributed by atoms with E-state index in [0.29, 0.717) is 0 Å². The molecule has 0 fully saturated rings. The van der Waals surface area contributed by atoms with Crippen LogP contribution < -0.4 is 0 Å². The predicted molar refractivity (Wildman–Crippen MR) is 110 cm³/mol. The van der Waals surface area contributed by atoms with Gasteiger partial charge in [-0.1, -0.05) is 24.3 Å². The molecule has 0 bridgehead atoms. The van der Waals surface area contributed by atoms with Crippen molar-refractivity contribution in [1.82, 2.24) is 0 Å². The van der Waals surface area contributed by atoms with Gasteiger partial charge >= 0.3 is 11.9 Å². The number of sulfone groups is 1. The SMILES string of the molecule is N#CC(C#N)=C1C=C(c2cccc(C(=O)O)c2)S(=O)(=O)C(c2cccc(C(=O)O)c2)=C1. The van der Waals surface area contributed by atoms with Crippen LogP contribution in [0.5, 0.6) is 0 Å². The minimum Gasteiger partial charge on any atom is -0.478 e. The highest BCUT2D eigenvalue weighted by molar-refractivity contribution is 8.09. The predicted octanol–water partition coefficient (Wildman–Crippen LogP) is 3.24. The Hall–Kier alpha value is -4.47. The molecule has 0 aliphatic carbocycles. The van der Waals surface area contributed by atoms with E-state index in [1.807, 2.05) is 0 Å². The topological polar surface area (TPSA) is 156 Å². The summed E-state index contributed by atoms with van der Waals surface area (Å²) in [7, 11) is -4.25. The van der Waals surface area contributed by atoms with E-state index in [1.165, 1.54) is 48.5 Å². The fraction of sp³-hybridized carbons (Fsp3) is 0. The standard InChI is InChI=1S/C22H12N2O6S/c23-11-18(12-24)17-9-19(13-3-1-5-15(7-13)21(25)26)31(29,30)20(10-17)14-4-2-6-16(8-14)22(27)28/h1-10H,(H,25,26)(H,27,28). The van der Waals surface area contributed by atoms with Crippen LogP contribution in [0.4, 0.5) is 0 Å². The zero-order chi connectivity index (χ0) is 22.8. The Balaban J connectivity index is 2.33. The summed E-state index contributed by atoms with van der Waals surface area (Å²) in [5.74, 6) is -2.52. The Labute approximate surface area is 176 Å². The van der Waals surface area contributed by atoms with Gasteiger partial charge in [0.2, 0.25) is 9.84 Å². The zero-order valence-electron chi connectivity index (χ0n) is 15.6. The van der Waals surface area contributed by atoms with Gasteiger partial charge in [0.25, 0.3) is 0 Å². The molecular formula is C22H12N2O6S. The summed E-state index contributed by atoms with van der Waals surface area (Å²) in [6, 6.07) is 13.8. The average molecular weight is 432 g/mol. The third-order valence-corrected chi connectivity index (χ3v) is 6.32. The van der Waals surface area contributed by atoms with Gasteiger partial charge in [-0.3, -0.25) is 0 Å². The van der Waals surface area contributed by atoms with Crippen LogP contribution in [-0.4, -0.2) is 30.6 Å². The van der Waals surface area contributed by atoms with E-state index in [0.717, 1.165) is 12.2 Å². The smallest absolute Gasteiger partial charge is 0.335 e. The molecule has 0 saturated heterocycles. The number of carboxylic acids is 2. The van der Waals surface area contributed by atoms with E-state index in [4.69, 9.17) is 0 Å². The molecule has 2 aromatic rings. The third-order valence-electron chi connectivity index (χ3n) is 4.45. The van der Waals surface area contributed by atoms with E-state index >= 15 is 0 Å². The molecule has 0 atom stereocenters. The maximum absolute atomic E-state index is 13.4. The number of allylic oxidation sites excluding steroid dienone is 4. The van der Waals surface area contributed by atoms with E-state index in [9.17, 15) is 38.7 Å². The summed E-state index contributed by atoms with van der Waals surface area (Å²) >= 11 is 0. The molecule has 2 N–H and O–H groups in total. The molecule has 0 saturated carbocycles. The fourth-order valence-corrected chi connectivity index (χ4v) is 4.66. The molecule has 152 valence electrons. The lowest BCUT2D eigenvalue weighted by molar-refractivity contribution is 0.0686. The van der Waals surface area contributed by atoms with Gasteiger partial charge in [-0.25, -0.2) is 18.0 Å². The first-order chi connectivity index (χ1) is 14.7. The summed E-state index contributed by atoms with van der Waals surface area (Å²) in [4.78, 5) is 22.0. The van der Waals surface area contributed by atoms with Gasteiger partial charge < -0.3 is 10.2 Å². The lowest BCUT2D eigenvalue weighted by atomic mass is 10.0. The minimum atomic E-state index is -4.25. The second kappa shape index (κ2) is 8.11. The third kappa shape index (κ3) is 3.99. The molecule has 31 heavy (non-hydrogen) atoms. The number of hydrogen-bond donors (Lipinski definition) is 2. The van der Waals surface area contributed by atoms with E-state index in [-0.39, 0.29) is 43.2 Å². The first-order valence-electron chi connectivity index (χ1n) is 8.59. The zero-order valence-corrected chi connectivity index (χ0v) is 16.4. The van der Waals surface area contributed by atoms with Gasteiger partial charge in [0.05, 0.1) is 20.9 Å². The van der Waals surface area contributed by atoms with Crippen LogP contribution in [0.1, 0.15) is 31.8 Å². The molecule has 1 heterocycles. The maximum atomic E-state index is 13.4. The van der Waals surface area contributed by atoms with Crippen molar-refractivity contribution in [2.45, 2.75) is 0 Å². The van der Waals surface area contributed by atoms with Gasteiger partial charge in [0.1, 0.15) is 17.7 Å². The van der Waals surface area contributed by atoms with Crippen LogP contribution >= 0.6 is 0 Å². The highest BCUT2D eigenvalue weighted by Crippen LogP contribution is 2.39. The number of rotatable bonds is 4. The number of carboxylic acid groups (broad SMARTS) is 2. The summed E-state index contributed by atoms with van der Waals surface area (Å²) in [6.45, 7) is 0. The number of carbonyl (C=O) groups is 2. The number of hydrogen-bond acceptors (Lipinski definition) is 6.